The van der Waals surface area contributed by atoms with Crippen LogP contribution in [0.5, 0.6) is 0 Å². The van der Waals surface area contributed by atoms with Crippen LogP contribution < -0.4 is 15.4 Å². The van der Waals surface area contributed by atoms with Crippen LogP contribution in [0.3, 0.4) is 0 Å². The van der Waals surface area contributed by atoms with Crippen molar-refractivity contribution in [2.24, 2.45) is 0 Å². The Morgan fingerprint density at radius 3 is 2.35 bits per heavy atom. The number of hydrogen-bond donors (Lipinski definition) is 3. The normalized spacial score (nSPS) is 14.8. The number of carbonyl (C=O) groups is 1. The lowest BCUT2D eigenvalue weighted by Gasteiger charge is -2.24. The number of carbonyl (C=O) groups excluding carboxylic acids is 1. The first-order chi connectivity index (χ1) is 17.7. The van der Waals surface area contributed by atoms with Gasteiger partial charge in [0.2, 0.25) is 11.9 Å². The van der Waals surface area contributed by atoms with Crippen molar-refractivity contribution < 1.29 is 17.6 Å². The third-order valence-electron chi connectivity index (χ3n) is 5.54. The first kappa shape index (κ1) is 24.5. The minimum absolute atomic E-state index is 0.0302. The molecule has 188 valence electrons. The second-order valence-electron chi connectivity index (χ2n) is 8.22. The molecule has 1 aromatic heterocycles. The number of aromatic nitrogens is 3. The van der Waals surface area contributed by atoms with Crippen LogP contribution in [0.25, 0.3) is 5.70 Å². The number of halogens is 2. The van der Waals surface area contributed by atoms with Crippen molar-refractivity contribution in [2.75, 3.05) is 15.4 Å². The fraction of sp³-hybridized carbons (Fsp3) is 0.0800. The van der Waals surface area contributed by atoms with E-state index in [1.54, 1.807) is 24.3 Å². The molecule has 12 heteroatoms. The topological polar surface area (TPSA) is 118 Å². The molecule has 0 fully saturated rings. The van der Waals surface area contributed by atoms with Crippen molar-refractivity contribution in [3.05, 3.63) is 101 Å². The standard InChI is InChI=1S/C25H20ClFN6O3S/c1-15(34)28-20-10-12-21(13-11-20)37(35,36)32-24-30-25-29-22(16-2-6-18(26)7-3-16)14-23(33(25)31-24)17-4-8-19(27)9-5-17/h2-14,23H,1H3,(H,28,34)(H2,29,30,31,32)/t23-/m1/s1. The van der Waals surface area contributed by atoms with Gasteiger partial charge in [0.25, 0.3) is 16.0 Å². The number of nitrogens with one attached hydrogen (secondary N) is 3. The zero-order chi connectivity index (χ0) is 26.2. The van der Waals surface area contributed by atoms with E-state index in [0.29, 0.717) is 22.4 Å². The van der Waals surface area contributed by atoms with E-state index >= 15 is 0 Å². The molecule has 3 aromatic carbocycles. The lowest BCUT2D eigenvalue weighted by molar-refractivity contribution is -0.114. The van der Waals surface area contributed by atoms with E-state index < -0.39 is 16.1 Å². The lowest BCUT2D eigenvalue weighted by atomic mass is 10.0. The third-order valence-corrected chi connectivity index (χ3v) is 7.14. The van der Waals surface area contributed by atoms with E-state index in [-0.39, 0.29) is 22.6 Å². The third kappa shape index (κ3) is 5.32. The number of nitrogens with zero attached hydrogens (tertiary/aromatic N) is 3. The summed E-state index contributed by atoms with van der Waals surface area (Å²) < 4.78 is 43.5. The fourth-order valence-electron chi connectivity index (χ4n) is 3.83. The number of fused-ring (bicyclic) bond motifs is 1. The molecule has 0 unspecified atom stereocenters. The molecule has 1 aliphatic rings. The van der Waals surface area contributed by atoms with Gasteiger partial charge in [-0.2, -0.15) is 4.98 Å². The second-order valence-corrected chi connectivity index (χ2v) is 10.3. The zero-order valence-corrected chi connectivity index (χ0v) is 20.9. The molecule has 1 amide bonds. The molecule has 1 aliphatic heterocycles. The van der Waals surface area contributed by atoms with Crippen molar-refractivity contribution in [3.63, 3.8) is 0 Å². The highest BCUT2D eigenvalue weighted by molar-refractivity contribution is 7.92. The van der Waals surface area contributed by atoms with Gasteiger partial charge in [-0.1, -0.05) is 35.9 Å². The first-order valence-electron chi connectivity index (χ1n) is 11.1. The van der Waals surface area contributed by atoms with Gasteiger partial charge in [-0.25, -0.2) is 22.2 Å². The van der Waals surface area contributed by atoms with Gasteiger partial charge in [-0.15, -0.1) is 5.10 Å². The van der Waals surface area contributed by atoms with Gasteiger partial charge >= 0.3 is 0 Å². The minimum atomic E-state index is -4.03. The van der Waals surface area contributed by atoms with E-state index in [4.69, 9.17) is 11.6 Å². The Kier molecular flexibility index (Phi) is 6.40. The van der Waals surface area contributed by atoms with Crippen LogP contribution in [0.2, 0.25) is 5.02 Å². The molecule has 3 N–H and O–H groups in total. The Morgan fingerprint density at radius 2 is 1.70 bits per heavy atom. The van der Waals surface area contributed by atoms with Crippen LogP contribution >= 0.6 is 11.6 Å². The average Bonchev–Trinajstić information content (AvgIpc) is 3.26. The van der Waals surface area contributed by atoms with Crippen LogP contribution in [0.4, 0.5) is 22.0 Å². The molecular weight excluding hydrogens is 519 g/mol. The average molecular weight is 539 g/mol. The summed E-state index contributed by atoms with van der Waals surface area (Å²) in [6.45, 7) is 1.36. The van der Waals surface area contributed by atoms with E-state index in [1.165, 1.54) is 48.0 Å². The number of benzene rings is 3. The molecule has 0 aliphatic carbocycles. The summed E-state index contributed by atoms with van der Waals surface area (Å²) in [5.41, 5.74) is 2.72. The Morgan fingerprint density at radius 1 is 1.03 bits per heavy atom. The van der Waals surface area contributed by atoms with E-state index in [1.807, 2.05) is 18.2 Å². The highest BCUT2D eigenvalue weighted by Crippen LogP contribution is 2.34. The minimum Gasteiger partial charge on any atom is -0.326 e. The van der Waals surface area contributed by atoms with Gasteiger partial charge in [0, 0.05) is 23.3 Å². The number of rotatable bonds is 6. The Balaban J connectivity index is 1.47. The van der Waals surface area contributed by atoms with Crippen LogP contribution in [0, 0.1) is 5.82 Å². The monoisotopic (exact) mass is 538 g/mol. The Labute approximate surface area is 217 Å². The van der Waals surface area contributed by atoms with E-state index in [9.17, 15) is 17.6 Å². The van der Waals surface area contributed by atoms with Crippen molar-refractivity contribution in [3.8, 4) is 0 Å². The summed E-state index contributed by atoms with van der Waals surface area (Å²) in [7, 11) is -4.03. The van der Waals surface area contributed by atoms with E-state index in [2.05, 4.69) is 25.4 Å². The molecule has 0 saturated heterocycles. The number of allylic oxidation sites excluding steroid dienone is 1. The molecule has 0 radical (unpaired) electrons. The maximum Gasteiger partial charge on any atom is 0.264 e. The predicted octanol–water partition coefficient (Wildman–Crippen LogP) is 4.89. The van der Waals surface area contributed by atoms with E-state index in [0.717, 1.165) is 11.1 Å². The van der Waals surface area contributed by atoms with Gasteiger partial charge < -0.3 is 10.6 Å². The highest BCUT2D eigenvalue weighted by Gasteiger charge is 2.27. The molecular formula is C25H20ClFN6O3S. The molecule has 1 atom stereocenters. The maximum absolute atomic E-state index is 13.6. The smallest absolute Gasteiger partial charge is 0.264 e. The quantitative estimate of drug-likeness (QED) is 0.322. The van der Waals surface area contributed by atoms with Gasteiger partial charge in [0.05, 0.1) is 4.90 Å². The molecule has 4 aromatic rings. The SMILES string of the molecule is CC(=O)Nc1ccc(S(=O)(=O)Nc2nc3n(n2)[C@@H](c2ccc(F)cc2)C=C(c2ccc(Cl)cc2)N3)cc1. The lowest BCUT2D eigenvalue weighted by Crippen LogP contribution is -2.20. The van der Waals surface area contributed by atoms with Gasteiger partial charge in [-0.3, -0.25) is 4.79 Å². The molecule has 37 heavy (non-hydrogen) atoms. The van der Waals surface area contributed by atoms with Crippen molar-refractivity contribution in [1.82, 2.24) is 14.8 Å². The highest BCUT2D eigenvalue weighted by atomic mass is 35.5. The number of sulfonamides is 1. The summed E-state index contributed by atoms with van der Waals surface area (Å²) >= 11 is 6.03. The summed E-state index contributed by atoms with van der Waals surface area (Å²) in [4.78, 5) is 15.5. The fourth-order valence-corrected chi connectivity index (χ4v) is 4.90. The van der Waals surface area contributed by atoms with Crippen LogP contribution in [-0.4, -0.2) is 29.1 Å². The second kappa shape index (κ2) is 9.68. The maximum atomic E-state index is 13.6. The summed E-state index contributed by atoms with van der Waals surface area (Å²) in [5.74, 6) is -0.500. The van der Waals surface area contributed by atoms with Crippen LogP contribution in [0.15, 0.2) is 83.8 Å². The number of hydrogen-bond acceptors (Lipinski definition) is 6. The molecule has 2 heterocycles. The number of amides is 1. The van der Waals surface area contributed by atoms with Gasteiger partial charge in [-0.05, 0) is 65.7 Å². The van der Waals surface area contributed by atoms with Crippen molar-refractivity contribution in [2.45, 2.75) is 17.9 Å². The Bertz CT molecular complexity index is 1600. The van der Waals surface area contributed by atoms with Gasteiger partial charge in [0.15, 0.2) is 0 Å². The summed E-state index contributed by atoms with van der Waals surface area (Å²) in [6, 6.07) is 18.3. The molecule has 0 bridgehead atoms. The zero-order valence-electron chi connectivity index (χ0n) is 19.3. The summed E-state index contributed by atoms with van der Waals surface area (Å²) in [5, 5.41) is 10.7. The van der Waals surface area contributed by atoms with Crippen LogP contribution in [-0.2, 0) is 14.8 Å². The Hall–Kier alpha value is -4.22. The molecule has 0 saturated carbocycles. The van der Waals surface area contributed by atoms with Crippen molar-refractivity contribution >= 4 is 50.8 Å². The predicted molar refractivity (Wildman–Crippen MR) is 139 cm³/mol. The number of anilines is 3. The molecule has 0 spiro atoms. The molecule has 5 rings (SSSR count). The first-order valence-corrected chi connectivity index (χ1v) is 12.9. The largest absolute Gasteiger partial charge is 0.326 e. The molecule has 9 nitrogen and oxygen atoms in total. The van der Waals surface area contributed by atoms with Gasteiger partial charge in [0.1, 0.15) is 11.9 Å². The van der Waals surface area contributed by atoms with Crippen molar-refractivity contribution in [1.29, 1.82) is 0 Å². The summed E-state index contributed by atoms with van der Waals surface area (Å²) in [6.07, 6.45) is 1.89. The van der Waals surface area contributed by atoms with Crippen LogP contribution in [0.1, 0.15) is 24.1 Å².